The fraction of sp³-hybridized carbons (Fsp3) is 0. The zero-order valence-corrected chi connectivity index (χ0v) is 7.35. The van der Waals surface area contributed by atoms with Gasteiger partial charge in [0.1, 0.15) is 6.20 Å². The van der Waals surface area contributed by atoms with Gasteiger partial charge in [0.05, 0.1) is 10.6 Å². The molecule has 0 bridgehead atoms. The second-order valence-corrected chi connectivity index (χ2v) is 2.58. The SMILES string of the molecule is O=C(O)Nc1cc([N+](=O)[O-])cnc1Cl. The molecule has 0 radical (unpaired) electrons. The summed E-state index contributed by atoms with van der Waals surface area (Å²) in [5, 5.41) is 20.4. The number of nitrogens with one attached hydrogen (secondary N) is 1. The first kappa shape index (κ1) is 10.2. The van der Waals surface area contributed by atoms with Crippen molar-refractivity contribution in [2.45, 2.75) is 0 Å². The highest BCUT2D eigenvalue weighted by atomic mass is 35.5. The second-order valence-electron chi connectivity index (χ2n) is 2.22. The van der Waals surface area contributed by atoms with Gasteiger partial charge in [0.25, 0.3) is 5.69 Å². The first-order chi connectivity index (χ1) is 6.50. The maximum Gasteiger partial charge on any atom is 0.409 e. The van der Waals surface area contributed by atoms with Crippen molar-refractivity contribution in [3.63, 3.8) is 0 Å². The number of carbonyl (C=O) groups is 1. The topological polar surface area (TPSA) is 105 Å². The van der Waals surface area contributed by atoms with E-state index in [-0.39, 0.29) is 16.5 Å². The molecule has 0 fully saturated rings. The third kappa shape index (κ3) is 2.30. The Morgan fingerprint density at radius 1 is 1.71 bits per heavy atom. The van der Waals surface area contributed by atoms with E-state index >= 15 is 0 Å². The van der Waals surface area contributed by atoms with Crippen LogP contribution in [0.15, 0.2) is 12.3 Å². The molecule has 1 rings (SSSR count). The van der Waals surface area contributed by atoms with Gasteiger partial charge in [-0.1, -0.05) is 11.6 Å². The van der Waals surface area contributed by atoms with Gasteiger partial charge in [-0.2, -0.15) is 0 Å². The summed E-state index contributed by atoms with van der Waals surface area (Å²) in [4.78, 5) is 23.3. The molecule has 0 aliphatic rings. The van der Waals surface area contributed by atoms with Crippen LogP contribution in [0.5, 0.6) is 0 Å². The van der Waals surface area contributed by atoms with Gasteiger partial charge in [-0.3, -0.25) is 15.4 Å². The van der Waals surface area contributed by atoms with Crippen LogP contribution in [0.2, 0.25) is 5.15 Å². The molecular weight excluding hydrogens is 214 g/mol. The highest BCUT2D eigenvalue weighted by Gasteiger charge is 2.12. The van der Waals surface area contributed by atoms with E-state index in [2.05, 4.69) is 4.98 Å². The molecule has 1 heterocycles. The summed E-state index contributed by atoms with van der Waals surface area (Å²) in [5.41, 5.74) is -0.452. The van der Waals surface area contributed by atoms with Crippen molar-refractivity contribution < 1.29 is 14.8 Å². The summed E-state index contributed by atoms with van der Waals surface area (Å²) < 4.78 is 0. The summed E-state index contributed by atoms with van der Waals surface area (Å²) in [6.45, 7) is 0. The van der Waals surface area contributed by atoms with E-state index < -0.39 is 11.0 Å². The lowest BCUT2D eigenvalue weighted by Crippen LogP contribution is -2.08. The van der Waals surface area contributed by atoms with Crippen molar-refractivity contribution in [3.05, 3.63) is 27.5 Å². The van der Waals surface area contributed by atoms with Gasteiger partial charge < -0.3 is 5.11 Å². The van der Waals surface area contributed by atoms with Crippen LogP contribution in [0.1, 0.15) is 0 Å². The number of nitrogens with zero attached hydrogens (tertiary/aromatic N) is 2. The average Bonchev–Trinajstić information content (AvgIpc) is 2.07. The monoisotopic (exact) mass is 217 g/mol. The third-order valence-corrected chi connectivity index (χ3v) is 1.58. The number of nitro groups is 1. The second kappa shape index (κ2) is 3.88. The van der Waals surface area contributed by atoms with Crippen LogP contribution in [0.4, 0.5) is 16.2 Å². The van der Waals surface area contributed by atoms with Crippen molar-refractivity contribution in [1.29, 1.82) is 0 Å². The predicted molar refractivity (Wildman–Crippen MR) is 47.5 cm³/mol. The summed E-state index contributed by atoms with van der Waals surface area (Å²) in [5.74, 6) is 0. The van der Waals surface area contributed by atoms with Gasteiger partial charge in [0, 0.05) is 6.07 Å². The van der Waals surface area contributed by atoms with Gasteiger partial charge in [-0.25, -0.2) is 9.78 Å². The van der Waals surface area contributed by atoms with Crippen LogP contribution in [0, 0.1) is 10.1 Å². The molecule has 0 saturated heterocycles. The summed E-state index contributed by atoms with van der Waals surface area (Å²) in [7, 11) is 0. The molecule has 0 aromatic carbocycles. The van der Waals surface area contributed by atoms with Gasteiger partial charge in [-0.05, 0) is 0 Å². The Balaban J connectivity index is 3.08. The van der Waals surface area contributed by atoms with E-state index in [4.69, 9.17) is 16.7 Å². The van der Waals surface area contributed by atoms with Crippen LogP contribution < -0.4 is 5.32 Å². The van der Waals surface area contributed by atoms with Gasteiger partial charge in [-0.15, -0.1) is 0 Å². The Bertz CT molecular complexity index is 395. The smallest absolute Gasteiger partial charge is 0.409 e. The first-order valence-electron chi connectivity index (χ1n) is 3.30. The largest absolute Gasteiger partial charge is 0.465 e. The maximum absolute atomic E-state index is 10.3. The fourth-order valence-corrected chi connectivity index (χ4v) is 0.890. The zero-order chi connectivity index (χ0) is 10.7. The van der Waals surface area contributed by atoms with Gasteiger partial charge >= 0.3 is 6.09 Å². The average molecular weight is 218 g/mol. The number of rotatable bonds is 2. The lowest BCUT2D eigenvalue weighted by Gasteiger charge is -2.01. The van der Waals surface area contributed by atoms with Crippen molar-refractivity contribution in [2.75, 3.05) is 5.32 Å². The fourth-order valence-electron chi connectivity index (χ4n) is 0.740. The van der Waals surface area contributed by atoms with Crippen LogP contribution in [-0.4, -0.2) is 21.1 Å². The Morgan fingerprint density at radius 3 is 2.86 bits per heavy atom. The number of carboxylic acid groups (broad SMARTS) is 1. The summed E-state index contributed by atoms with van der Waals surface area (Å²) in [6, 6.07) is 0.990. The van der Waals surface area contributed by atoms with Gasteiger partial charge in [0.15, 0.2) is 5.15 Å². The number of amides is 1. The van der Waals surface area contributed by atoms with Crippen LogP contribution in [0.25, 0.3) is 0 Å². The van der Waals surface area contributed by atoms with Crippen LogP contribution >= 0.6 is 11.6 Å². The predicted octanol–water partition coefficient (Wildman–Crippen LogP) is 1.73. The molecule has 0 spiro atoms. The lowest BCUT2D eigenvalue weighted by molar-refractivity contribution is -0.385. The summed E-state index contributed by atoms with van der Waals surface area (Å²) >= 11 is 5.49. The highest BCUT2D eigenvalue weighted by molar-refractivity contribution is 6.32. The van der Waals surface area contributed by atoms with E-state index in [1.165, 1.54) is 0 Å². The number of aromatic nitrogens is 1. The van der Waals surface area contributed by atoms with Crippen molar-refractivity contribution >= 4 is 29.1 Å². The van der Waals surface area contributed by atoms with Crippen molar-refractivity contribution in [1.82, 2.24) is 4.98 Å². The standard InChI is InChI=1S/C6H4ClN3O4/c7-5-4(9-6(11)12)1-3(2-8-5)10(13)14/h1-2,9H,(H,11,12). The van der Waals surface area contributed by atoms with Crippen molar-refractivity contribution in [2.24, 2.45) is 0 Å². The van der Waals surface area contributed by atoms with Crippen molar-refractivity contribution in [3.8, 4) is 0 Å². The molecule has 0 saturated carbocycles. The summed E-state index contributed by atoms with van der Waals surface area (Å²) in [6.07, 6.45) is -0.427. The number of anilines is 1. The Morgan fingerprint density at radius 2 is 2.36 bits per heavy atom. The lowest BCUT2D eigenvalue weighted by atomic mass is 10.4. The molecule has 0 aliphatic heterocycles. The Labute approximate surface area is 82.5 Å². The molecule has 0 unspecified atom stereocenters. The molecule has 0 atom stereocenters. The minimum absolute atomic E-state index is 0.117. The minimum atomic E-state index is -1.37. The first-order valence-corrected chi connectivity index (χ1v) is 3.68. The Kier molecular flexibility index (Phi) is 2.82. The zero-order valence-electron chi connectivity index (χ0n) is 6.60. The van der Waals surface area contributed by atoms with Crippen LogP contribution in [0.3, 0.4) is 0 Å². The molecule has 74 valence electrons. The van der Waals surface area contributed by atoms with E-state index in [9.17, 15) is 14.9 Å². The molecule has 1 aromatic heterocycles. The van der Waals surface area contributed by atoms with Crippen LogP contribution in [-0.2, 0) is 0 Å². The third-order valence-electron chi connectivity index (χ3n) is 1.28. The number of pyridine rings is 1. The minimum Gasteiger partial charge on any atom is -0.465 e. The number of halogens is 1. The molecule has 2 N–H and O–H groups in total. The number of hydrogen-bond donors (Lipinski definition) is 2. The normalized spacial score (nSPS) is 9.50. The quantitative estimate of drug-likeness (QED) is 0.446. The van der Waals surface area contributed by atoms with E-state index in [0.29, 0.717) is 0 Å². The molecular formula is C6H4ClN3O4. The molecule has 7 nitrogen and oxygen atoms in total. The van der Waals surface area contributed by atoms with E-state index in [1.54, 1.807) is 0 Å². The van der Waals surface area contributed by atoms with Gasteiger partial charge in [0.2, 0.25) is 0 Å². The molecule has 8 heteroatoms. The Hall–Kier alpha value is -1.89. The molecule has 14 heavy (non-hydrogen) atoms. The molecule has 1 aromatic rings. The number of hydrogen-bond acceptors (Lipinski definition) is 4. The highest BCUT2D eigenvalue weighted by Crippen LogP contribution is 2.23. The molecule has 1 amide bonds. The van der Waals surface area contributed by atoms with E-state index in [1.807, 2.05) is 5.32 Å². The van der Waals surface area contributed by atoms with E-state index in [0.717, 1.165) is 12.3 Å². The maximum atomic E-state index is 10.3. The molecule has 0 aliphatic carbocycles.